The maximum absolute atomic E-state index is 12.5. The summed E-state index contributed by atoms with van der Waals surface area (Å²) in [6.45, 7) is 3.07. The second kappa shape index (κ2) is 6.43. The normalized spacial score (nSPS) is 13.3. The first-order chi connectivity index (χ1) is 9.29. The first-order valence-corrected chi connectivity index (χ1v) is 7.55. The van der Waals surface area contributed by atoms with Crippen LogP contribution in [0.3, 0.4) is 0 Å². The van der Waals surface area contributed by atoms with E-state index in [0.29, 0.717) is 17.1 Å². The second-order valence-electron chi connectivity index (χ2n) is 4.53. The standard InChI is InChI=1S/C13H21NO5S/c1-9-6-11(18-4)12(19-5)7-13(9)20(16,17)14(3)10(2)8-15/h6-7,10,15H,8H2,1-5H3. The zero-order valence-electron chi connectivity index (χ0n) is 12.4. The molecule has 1 N–H and O–H groups in total. The number of likely N-dealkylation sites (N-methyl/N-ethyl adjacent to an activating group) is 1. The van der Waals surface area contributed by atoms with E-state index in [9.17, 15) is 8.42 Å². The number of ether oxygens (including phenoxy) is 2. The minimum absolute atomic E-state index is 0.137. The zero-order chi connectivity index (χ0) is 15.5. The molecule has 1 rings (SSSR count). The Morgan fingerprint density at radius 3 is 2.20 bits per heavy atom. The van der Waals surface area contributed by atoms with Gasteiger partial charge in [0.05, 0.1) is 25.7 Å². The highest BCUT2D eigenvalue weighted by atomic mass is 32.2. The van der Waals surface area contributed by atoms with E-state index >= 15 is 0 Å². The Balaban J connectivity index is 3.39. The molecule has 1 aromatic carbocycles. The van der Waals surface area contributed by atoms with Crippen molar-refractivity contribution in [3.05, 3.63) is 17.7 Å². The summed E-state index contributed by atoms with van der Waals surface area (Å²) in [4.78, 5) is 0.137. The van der Waals surface area contributed by atoms with Crippen molar-refractivity contribution in [2.24, 2.45) is 0 Å². The number of aliphatic hydroxyl groups is 1. The number of benzene rings is 1. The number of methoxy groups -OCH3 is 2. The van der Waals surface area contributed by atoms with Crippen LogP contribution in [0.25, 0.3) is 0 Å². The van der Waals surface area contributed by atoms with Crippen LogP contribution in [0.15, 0.2) is 17.0 Å². The lowest BCUT2D eigenvalue weighted by Crippen LogP contribution is -2.37. The van der Waals surface area contributed by atoms with E-state index < -0.39 is 16.1 Å². The molecule has 0 bridgehead atoms. The van der Waals surface area contributed by atoms with Crippen molar-refractivity contribution >= 4 is 10.0 Å². The Hall–Kier alpha value is -1.31. The monoisotopic (exact) mass is 303 g/mol. The number of hydrogen-bond acceptors (Lipinski definition) is 5. The molecule has 1 atom stereocenters. The van der Waals surface area contributed by atoms with Crippen LogP contribution in [0.1, 0.15) is 12.5 Å². The minimum Gasteiger partial charge on any atom is -0.493 e. The molecule has 0 amide bonds. The van der Waals surface area contributed by atoms with Gasteiger partial charge in [0, 0.05) is 19.2 Å². The fraction of sp³-hybridized carbons (Fsp3) is 0.538. The molecule has 7 heteroatoms. The fourth-order valence-corrected chi connectivity index (χ4v) is 3.32. The van der Waals surface area contributed by atoms with E-state index in [4.69, 9.17) is 14.6 Å². The van der Waals surface area contributed by atoms with E-state index in [2.05, 4.69) is 0 Å². The topological polar surface area (TPSA) is 76.1 Å². The van der Waals surface area contributed by atoms with Crippen LogP contribution in [0.2, 0.25) is 0 Å². The quantitative estimate of drug-likeness (QED) is 0.849. The van der Waals surface area contributed by atoms with E-state index in [1.54, 1.807) is 19.9 Å². The average Bonchev–Trinajstić information content (AvgIpc) is 2.44. The summed E-state index contributed by atoms with van der Waals surface area (Å²) in [6, 6.07) is 2.54. The van der Waals surface area contributed by atoms with Gasteiger partial charge in [0.15, 0.2) is 11.5 Å². The highest BCUT2D eigenvalue weighted by Crippen LogP contribution is 2.33. The molecule has 114 valence electrons. The van der Waals surface area contributed by atoms with Gasteiger partial charge in [-0.25, -0.2) is 8.42 Å². The van der Waals surface area contributed by atoms with Gasteiger partial charge in [-0.05, 0) is 25.5 Å². The van der Waals surface area contributed by atoms with E-state index in [-0.39, 0.29) is 11.5 Å². The molecule has 1 aromatic rings. The Bertz CT molecular complexity index is 570. The molecule has 20 heavy (non-hydrogen) atoms. The molecule has 0 saturated carbocycles. The van der Waals surface area contributed by atoms with Gasteiger partial charge in [-0.3, -0.25) is 0 Å². The lowest BCUT2D eigenvalue weighted by Gasteiger charge is -2.24. The smallest absolute Gasteiger partial charge is 0.243 e. The van der Waals surface area contributed by atoms with Crippen molar-refractivity contribution in [3.8, 4) is 11.5 Å². The molecule has 0 fully saturated rings. The van der Waals surface area contributed by atoms with Crippen molar-refractivity contribution in [2.75, 3.05) is 27.9 Å². The highest BCUT2D eigenvalue weighted by molar-refractivity contribution is 7.89. The predicted molar refractivity (Wildman–Crippen MR) is 75.8 cm³/mol. The van der Waals surface area contributed by atoms with Gasteiger partial charge in [-0.15, -0.1) is 0 Å². The molecule has 0 saturated heterocycles. The van der Waals surface area contributed by atoms with Crippen LogP contribution >= 0.6 is 0 Å². The molecule has 0 aliphatic rings. The molecule has 6 nitrogen and oxygen atoms in total. The van der Waals surface area contributed by atoms with Gasteiger partial charge < -0.3 is 14.6 Å². The Morgan fingerprint density at radius 2 is 1.75 bits per heavy atom. The largest absolute Gasteiger partial charge is 0.493 e. The first-order valence-electron chi connectivity index (χ1n) is 6.11. The van der Waals surface area contributed by atoms with E-state index in [1.165, 1.54) is 27.3 Å². The van der Waals surface area contributed by atoms with E-state index in [0.717, 1.165) is 4.31 Å². The first kappa shape index (κ1) is 16.7. The summed E-state index contributed by atoms with van der Waals surface area (Å²) in [5.41, 5.74) is 0.555. The number of hydrogen-bond donors (Lipinski definition) is 1. The van der Waals surface area contributed by atoms with Crippen LogP contribution in [-0.2, 0) is 10.0 Å². The highest BCUT2D eigenvalue weighted by Gasteiger charge is 2.28. The van der Waals surface area contributed by atoms with Crippen molar-refractivity contribution < 1.29 is 23.0 Å². The SMILES string of the molecule is COc1cc(C)c(S(=O)(=O)N(C)C(C)CO)cc1OC. The van der Waals surface area contributed by atoms with Crippen molar-refractivity contribution in [2.45, 2.75) is 24.8 Å². The van der Waals surface area contributed by atoms with Gasteiger partial charge in [0.2, 0.25) is 10.0 Å². The van der Waals surface area contributed by atoms with Gasteiger partial charge >= 0.3 is 0 Å². The fourth-order valence-electron chi connectivity index (χ4n) is 1.75. The summed E-state index contributed by atoms with van der Waals surface area (Å²) < 4.78 is 36.5. The number of rotatable bonds is 6. The van der Waals surface area contributed by atoms with Crippen LogP contribution in [0.4, 0.5) is 0 Å². The molecule has 0 spiro atoms. The molecular formula is C13H21NO5S. The summed E-state index contributed by atoms with van der Waals surface area (Å²) in [5, 5.41) is 9.12. The van der Waals surface area contributed by atoms with Gasteiger partial charge in [0.1, 0.15) is 0 Å². The molecule has 0 aliphatic carbocycles. The summed E-state index contributed by atoms with van der Waals surface area (Å²) >= 11 is 0. The average molecular weight is 303 g/mol. The number of nitrogens with zero attached hydrogens (tertiary/aromatic N) is 1. The molecule has 0 heterocycles. The third-order valence-electron chi connectivity index (χ3n) is 3.22. The zero-order valence-corrected chi connectivity index (χ0v) is 13.2. The molecule has 0 aromatic heterocycles. The lowest BCUT2D eigenvalue weighted by molar-refractivity contribution is 0.213. The Labute approximate surface area is 120 Å². The predicted octanol–water partition coefficient (Wildman–Crippen LogP) is 1.01. The van der Waals surface area contributed by atoms with Crippen molar-refractivity contribution in [1.29, 1.82) is 0 Å². The van der Waals surface area contributed by atoms with Crippen LogP contribution in [0.5, 0.6) is 11.5 Å². The lowest BCUT2D eigenvalue weighted by atomic mass is 10.2. The second-order valence-corrected chi connectivity index (χ2v) is 6.49. The van der Waals surface area contributed by atoms with Crippen LogP contribution in [-0.4, -0.2) is 51.7 Å². The number of aryl methyl sites for hydroxylation is 1. The van der Waals surface area contributed by atoms with E-state index in [1.807, 2.05) is 0 Å². The Kier molecular flexibility index (Phi) is 5.38. The maximum atomic E-state index is 12.5. The molecule has 0 aliphatic heterocycles. The summed E-state index contributed by atoms with van der Waals surface area (Å²) in [6.07, 6.45) is 0. The molecule has 1 unspecified atom stereocenters. The van der Waals surface area contributed by atoms with Gasteiger partial charge in [-0.1, -0.05) is 0 Å². The number of sulfonamides is 1. The third kappa shape index (κ3) is 3.05. The molecule has 0 radical (unpaired) electrons. The number of aliphatic hydroxyl groups excluding tert-OH is 1. The van der Waals surface area contributed by atoms with Gasteiger partial charge in [0.25, 0.3) is 0 Å². The van der Waals surface area contributed by atoms with Crippen molar-refractivity contribution in [3.63, 3.8) is 0 Å². The molecular weight excluding hydrogens is 282 g/mol. The van der Waals surface area contributed by atoms with Crippen LogP contribution in [0, 0.1) is 6.92 Å². The summed E-state index contributed by atoms with van der Waals surface area (Å²) in [5.74, 6) is 0.823. The summed E-state index contributed by atoms with van der Waals surface area (Å²) in [7, 11) is 0.676. The third-order valence-corrected chi connectivity index (χ3v) is 5.34. The minimum atomic E-state index is -3.70. The Morgan fingerprint density at radius 1 is 1.25 bits per heavy atom. The van der Waals surface area contributed by atoms with Crippen molar-refractivity contribution in [1.82, 2.24) is 4.31 Å². The van der Waals surface area contributed by atoms with Gasteiger partial charge in [-0.2, -0.15) is 4.31 Å². The maximum Gasteiger partial charge on any atom is 0.243 e. The van der Waals surface area contributed by atoms with Crippen LogP contribution < -0.4 is 9.47 Å².